The van der Waals surface area contributed by atoms with E-state index in [1.54, 1.807) is 0 Å². The van der Waals surface area contributed by atoms with Crippen molar-refractivity contribution >= 4 is 5.69 Å². The monoisotopic (exact) mass is 288 g/mol. The van der Waals surface area contributed by atoms with E-state index in [-0.39, 0.29) is 0 Å². The van der Waals surface area contributed by atoms with Gasteiger partial charge in [-0.15, -0.1) is 0 Å². The van der Waals surface area contributed by atoms with Crippen molar-refractivity contribution in [3.8, 4) is 0 Å². The molecule has 3 N–H and O–H groups in total. The van der Waals surface area contributed by atoms with Gasteiger partial charge in [0.1, 0.15) is 0 Å². The summed E-state index contributed by atoms with van der Waals surface area (Å²) in [6.45, 7) is 8.53. The molecule has 0 saturated carbocycles. The van der Waals surface area contributed by atoms with Gasteiger partial charge in [-0.1, -0.05) is 12.1 Å². The first-order valence-corrected chi connectivity index (χ1v) is 8.27. The predicted molar refractivity (Wildman–Crippen MR) is 88.8 cm³/mol. The summed E-state index contributed by atoms with van der Waals surface area (Å²) in [5.41, 5.74) is 8.75. The van der Waals surface area contributed by atoms with Crippen LogP contribution in [0.15, 0.2) is 24.3 Å². The van der Waals surface area contributed by atoms with Crippen LogP contribution in [0, 0.1) is 6.92 Å². The topological polar surface area (TPSA) is 44.5 Å². The summed E-state index contributed by atoms with van der Waals surface area (Å²) in [6, 6.07) is 9.93. The molecule has 0 aliphatic carbocycles. The Bertz CT molecular complexity index is 448. The number of benzene rings is 1. The Morgan fingerprint density at radius 1 is 1.29 bits per heavy atom. The van der Waals surface area contributed by atoms with Crippen LogP contribution >= 0.6 is 0 Å². The van der Waals surface area contributed by atoms with Gasteiger partial charge in [-0.3, -0.25) is 4.90 Å². The lowest BCUT2D eigenvalue weighted by molar-refractivity contribution is 0.158. The first-order valence-electron chi connectivity index (χ1n) is 8.27. The highest BCUT2D eigenvalue weighted by Crippen LogP contribution is 2.20. The SMILES string of the molecule is Cc1cccc(N2CCN(C(CN)C3CCCN3)CC2)c1. The fraction of sp³-hybridized carbons (Fsp3) is 0.647. The van der Waals surface area contributed by atoms with Gasteiger partial charge in [0, 0.05) is 50.5 Å². The number of nitrogens with zero attached hydrogens (tertiary/aromatic N) is 2. The molecular weight excluding hydrogens is 260 g/mol. The molecule has 2 saturated heterocycles. The Balaban J connectivity index is 1.59. The average molecular weight is 288 g/mol. The molecule has 4 nitrogen and oxygen atoms in total. The van der Waals surface area contributed by atoms with Gasteiger partial charge in [0.15, 0.2) is 0 Å². The maximum Gasteiger partial charge on any atom is 0.0373 e. The van der Waals surface area contributed by atoms with Crippen molar-refractivity contribution in [3.63, 3.8) is 0 Å². The molecule has 4 heteroatoms. The minimum Gasteiger partial charge on any atom is -0.369 e. The fourth-order valence-electron chi connectivity index (χ4n) is 3.74. The number of nitrogens with one attached hydrogen (secondary N) is 1. The molecule has 21 heavy (non-hydrogen) atoms. The second kappa shape index (κ2) is 6.77. The van der Waals surface area contributed by atoms with E-state index in [4.69, 9.17) is 5.73 Å². The highest BCUT2D eigenvalue weighted by atomic mass is 15.3. The van der Waals surface area contributed by atoms with E-state index in [0.717, 1.165) is 39.3 Å². The zero-order valence-electron chi connectivity index (χ0n) is 13.1. The van der Waals surface area contributed by atoms with Crippen molar-refractivity contribution in [2.24, 2.45) is 5.73 Å². The normalized spacial score (nSPS) is 25.2. The third-order valence-corrected chi connectivity index (χ3v) is 4.95. The van der Waals surface area contributed by atoms with Gasteiger partial charge in [0.2, 0.25) is 0 Å². The molecule has 0 aromatic heterocycles. The van der Waals surface area contributed by atoms with E-state index >= 15 is 0 Å². The number of hydrogen-bond donors (Lipinski definition) is 2. The zero-order valence-corrected chi connectivity index (χ0v) is 13.1. The Morgan fingerprint density at radius 3 is 2.71 bits per heavy atom. The maximum atomic E-state index is 6.05. The number of piperazine rings is 1. The summed E-state index contributed by atoms with van der Waals surface area (Å²) >= 11 is 0. The molecule has 3 rings (SSSR count). The average Bonchev–Trinajstić information content (AvgIpc) is 3.03. The first kappa shape index (κ1) is 14.8. The van der Waals surface area contributed by atoms with Crippen LogP contribution in [0.5, 0.6) is 0 Å². The van der Waals surface area contributed by atoms with Crippen LogP contribution < -0.4 is 16.0 Å². The van der Waals surface area contributed by atoms with Gasteiger partial charge in [-0.05, 0) is 44.0 Å². The van der Waals surface area contributed by atoms with E-state index in [0.29, 0.717) is 12.1 Å². The summed E-state index contributed by atoms with van der Waals surface area (Å²) < 4.78 is 0. The number of nitrogens with two attached hydrogens (primary N) is 1. The minimum absolute atomic E-state index is 0.507. The molecule has 0 radical (unpaired) electrons. The Hall–Kier alpha value is -1.10. The van der Waals surface area contributed by atoms with Crippen LogP contribution in [-0.2, 0) is 0 Å². The van der Waals surface area contributed by atoms with Crippen LogP contribution in [0.4, 0.5) is 5.69 Å². The van der Waals surface area contributed by atoms with E-state index in [9.17, 15) is 0 Å². The number of rotatable bonds is 4. The van der Waals surface area contributed by atoms with Crippen molar-refractivity contribution in [1.82, 2.24) is 10.2 Å². The Labute approximate surface area is 128 Å². The second-order valence-electron chi connectivity index (χ2n) is 6.37. The molecule has 2 heterocycles. The van der Waals surface area contributed by atoms with Crippen molar-refractivity contribution in [2.75, 3.05) is 44.2 Å². The molecular formula is C17H28N4. The van der Waals surface area contributed by atoms with Gasteiger partial charge in [0.25, 0.3) is 0 Å². The highest BCUT2D eigenvalue weighted by Gasteiger charge is 2.30. The van der Waals surface area contributed by atoms with Crippen molar-refractivity contribution in [2.45, 2.75) is 31.8 Å². The van der Waals surface area contributed by atoms with Crippen molar-refractivity contribution < 1.29 is 0 Å². The first-order chi connectivity index (χ1) is 10.3. The van der Waals surface area contributed by atoms with E-state index in [1.165, 1.54) is 24.1 Å². The van der Waals surface area contributed by atoms with E-state index in [2.05, 4.69) is 46.3 Å². The van der Waals surface area contributed by atoms with Crippen molar-refractivity contribution in [3.05, 3.63) is 29.8 Å². The number of anilines is 1. The lowest BCUT2D eigenvalue weighted by Crippen LogP contribution is -2.58. The summed E-state index contributed by atoms with van der Waals surface area (Å²) in [7, 11) is 0. The van der Waals surface area contributed by atoms with Crippen LogP contribution in [0.2, 0.25) is 0 Å². The van der Waals surface area contributed by atoms with Crippen molar-refractivity contribution in [1.29, 1.82) is 0 Å². The fourth-order valence-corrected chi connectivity index (χ4v) is 3.74. The van der Waals surface area contributed by atoms with Crippen LogP contribution in [-0.4, -0.2) is 56.3 Å². The van der Waals surface area contributed by atoms with Gasteiger partial charge < -0.3 is 16.0 Å². The molecule has 2 atom stereocenters. The molecule has 116 valence electrons. The third-order valence-electron chi connectivity index (χ3n) is 4.95. The minimum atomic E-state index is 0.507. The molecule has 0 spiro atoms. The second-order valence-corrected chi connectivity index (χ2v) is 6.37. The molecule has 1 aromatic carbocycles. The Kier molecular flexibility index (Phi) is 4.78. The molecule has 1 aromatic rings. The lowest BCUT2D eigenvalue weighted by atomic mass is 10.0. The summed E-state index contributed by atoms with van der Waals surface area (Å²) in [5.74, 6) is 0. The molecule has 2 aliphatic heterocycles. The molecule has 2 aliphatic rings. The summed E-state index contributed by atoms with van der Waals surface area (Å²) in [5, 5.41) is 3.62. The number of hydrogen-bond acceptors (Lipinski definition) is 4. The standard InChI is InChI=1S/C17H28N4/c1-14-4-2-5-15(12-14)20-8-10-21(11-9-20)17(13-18)16-6-3-7-19-16/h2,4-5,12,16-17,19H,3,6-11,13,18H2,1H3. The van der Waals surface area contributed by atoms with E-state index < -0.39 is 0 Å². The quantitative estimate of drug-likeness (QED) is 0.874. The van der Waals surface area contributed by atoms with Gasteiger partial charge in [-0.25, -0.2) is 0 Å². The molecule has 2 fully saturated rings. The predicted octanol–water partition coefficient (Wildman–Crippen LogP) is 1.20. The van der Waals surface area contributed by atoms with Gasteiger partial charge in [-0.2, -0.15) is 0 Å². The number of aryl methyl sites for hydroxylation is 1. The lowest BCUT2D eigenvalue weighted by Gasteiger charge is -2.42. The van der Waals surface area contributed by atoms with Crippen LogP contribution in [0.25, 0.3) is 0 Å². The van der Waals surface area contributed by atoms with Crippen LogP contribution in [0.3, 0.4) is 0 Å². The highest BCUT2D eigenvalue weighted by molar-refractivity contribution is 5.48. The summed E-state index contributed by atoms with van der Waals surface area (Å²) in [6.07, 6.45) is 2.57. The molecule has 0 amide bonds. The maximum absolute atomic E-state index is 6.05. The zero-order chi connectivity index (χ0) is 14.7. The summed E-state index contributed by atoms with van der Waals surface area (Å²) in [4.78, 5) is 5.09. The molecule has 2 unspecified atom stereocenters. The molecule has 0 bridgehead atoms. The van der Waals surface area contributed by atoms with E-state index in [1.807, 2.05) is 0 Å². The smallest absolute Gasteiger partial charge is 0.0373 e. The van der Waals surface area contributed by atoms with Crippen LogP contribution in [0.1, 0.15) is 18.4 Å². The Morgan fingerprint density at radius 2 is 2.10 bits per heavy atom. The third kappa shape index (κ3) is 3.39. The largest absolute Gasteiger partial charge is 0.369 e. The van der Waals surface area contributed by atoms with Gasteiger partial charge >= 0.3 is 0 Å². The van der Waals surface area contributed by atoms with Gasteiger partial charge in [0.05, 0.1) is 0 Å².